The summed E-state index contributed by atoms with van der Waals surface area (Å²) in [7, 11) is -1.69. The molecule has 1 aromatic rings. The molecule has 0 amide bonds. The van der Waals surface area contributed by atoms with Crippen LogP contribution in [0, 0.1) is 0 Å². The summed E-state index contributed by atoms with van der Waals surface area (Å²) in [5.41, 5.74) is 6.37. The molecule has 2 rings (SSSR count). The Morgan fingerprint density at radius 2 is 2.25 bits per heavy atom. The molecular weight excluding hydrogens is 280 g/mol. The maximum atomic E-state index is 11.6. The van der Waals surface area contributed by atoms with Gasteiger partial charge < -0.3 is 20.5 Å². The number of benzene rings is 1. The van der Waals surface area contributed by atoms with Gasteiger partial charge in [-0.25, -0.2) is 8.42 Å². The van der Waals surface area contributed by atoms with Crippen LogP contribution in [0.4, 0.5) is 11.4 Å². The minimum absolute atomic E-state index is 0.136. The zero-order valence-corrected chi connectivity index (χ0v) is 12.5. The van der Waals surface area contributed by atoms with E-state index in [9.17, 15) is 8.42 Å². The highest BCUT2D eigenvalue weighted by molar-refractivity contribution is 7.90. The maximum Gasteiger partial charge on any atom is 0.177 e. The fourth-order valence-corrected chi connectivity index (χ4v) is 3.07. The summed E-state index contributed by atoms with van der Waals surface area (Å²) in [6, 6.07) is 4.92. The van der Waals surface area contributed by atoms with Gasteiger partial charge >= 0.3 is 0 Å². The van der Waals surface area contributed by atoms with E-state index in [4.69, 9.17) is 15.2 Å². The van der Waals surface area contributed by atoms with Crippen molar-refractivity contribution < 1.29 is 17.9 Å². The number of nitrogens with two attached hydrogens (primary N) is 1. The Bertz CT molecular complexity index is 580. The molecule has 1 atom stereocenters. The van der Waals surface area contributed by atoms with Gasteiger partial charge in [0.25, 0.3) is 0 Å². The second-order valence-corrected chi connectivity index (χ2v) is 7.02. The van der Waals surface area contributed by atoms with Gasteiger partial charge in [-0.15, -0.1) is 0 Å². The molecule has 1 heterocycles. The van der Waals surface area contributed by atoms with Crippen LogP contribution in [0.1, 0.15) is 6.42 Å². The molecule has 0 radical (unpaired) electrons. The van der Waals surface area contributed by atoms with E-state index in [2.05, 4.69) is 5.32 Å². The zero-order chi connectivity index (χ0) is 14.8. The molecule has 3 N–H and O–H groups in total. The molecule has 112 valence electrons. The molecule has 0 bridgehead atoms. The van der Waals surface area contributed by atoms with E-state index >= 15 is 0 Å². The second-order valence-electron chi connectivity index (χ2n) is 5.03. The van der Waals surface area contributed by atoms with Gasteiger partial charge in [-0.05, 0) is 12.1 Å². The Hall–Kier alpha value is -1.31. The molecule has 20 heavy (non-hydrogen) atoms. The number of hydrogen-bond acceptors (Lipinski definition) is 6. The van der Waals surface area contributed by atoms with Crippen molar-refractivity contribution in [1.82, 2.24) is 0 Å². The lowest BCUT2D eigenvalue weighted by atomic mass is 10.0. The number of nitrogen functional groups attached to an aromatic ring is 1. The number of nitrogens with one attached hydrogen (secondary N) is 1. The predicted molar refractivity (Wildman–Crippen MR) is 77.6 cm³/mol. The number of para-hydroxylation sites is 1. The van der Waals surface area contributed by atoms with Crippen molar-refractivity contribution in [2.24, 2.45) is 0 Å². The monoisotopic (exact) mass is 300 g/mol. The first-order valence-corrected chi connectivity index (χ1v) is 8.22. The van der Waals surface area contributed by atoms with E-state index in [1.54, 1.807) is 19.2 Å². The van der Waals surface area contributed by atoms with Crippen molar-refractivity contribution in [3.05, 3.63) is 18.2 Å². The predicted octanol–water partition coefficient (Wildman–Crippen LogP) is 0.890. The van der Waals surface area contributed by atoms with Gasteiger partial charge in [-0.3, -0.25) is 0 Å². The summed E-state index contributed by atoms with van der Waals surface area (Å²) in [4.78, 5) is 0.136. The summed E-state index contributed by atoms with van der Waals surface area (Å²) in [6.07, 6.45) is 1.94. The molecule has 7 heteroatoms. The van der Waals surface area contributed by atoms with Gasteiger partial charge in [0.15, 0.2) is 9.84 Å². The molecule has 0 saturated carbocycles. The molecule has 1 fully saturated rings. The molecule has 0 aromatic heterocycles. The van der Waals surface area contributed by atoms with Crippen LogP contribution in [0.5, 0.6) is 0 Å². The van der Waals surface area contributed by atoms with Crippen molar-refractivity contribution in [1.29, 1.82) is 0 Å². The average Bonchev–Trinajstić information content (AvgIpc) is 2.85. The third kappa shape index (κ3) is 3.05. The Morgan fingerprint density at radius 3 is 2.80 bits per heavy atom. The molecular formula is C13H20N2O4S. The van der Waals surface area contributed by atoms with E-state index in [0.29, 0.717) is 25.4 Å². The Balaban J connectivity index is 2.18. The third-order valence-electron chi connectivity index (χ3n) is 3.57. The van der Waals surface area contributed by atoms with Crippen LogP contribution in [0.3, 0.4) is 0 Å². The highest BCUT2D eigenvalue weighted by Gasteiger charge is 2.34. The van der Waals surface area contributed by atoms with Crippen molar-refractivity contribution in [2.75, 3.05) is 44.2 Å². The number of anilines is 2. The fraction of sp³-hybridized carbons (Fsp3) is 0.538. The van der Waals surface area contributed by atoms with Gasteiger partial charge in [-0.1, -0.05) is 6.07 Å². The van der Waals surface area contributed by atoms with Crippen LogP contribution in [0.2, 0.25) is 0 Å². The largest absolute Gasteiger partial charge is 0.396 e. The molecule has 6 nitrogen and oxygen atoms in total. The van der Waals surface area contributed by atoms with Crippen molar-refractivity contribution in [3.8, 4) is 0 Å². The summed E-state index contributed by atoms with van der Waals surface area (Å²) in [6.45, 7) is 1.69. The number of rotatable bonds is 5. The third-order valence-corrected chi connectivity index (χ3v) is 4.72. The quantitative estimate of drug-likeness (QED) is 0.785. The van der Waals surface area contributed by atoms with E-state index < -0.39 is 9.84 Å². The first-order valence-electron chi connectivity index (χ1n) is 6.33. The number of hydrogen-bond donors (Lipinski definition) is 2. The molecule has 1 saturated heterocycles. The average molecular weight is 300 g/mol. The molecule has 1 unspecified atom stereocenters. The summed E-state index contributed by atoms with van der Waals surface area (Å²) >= 11 is 0. The lowest BCUT2D eigenvalue weighted by molar-refractivity contribution is -0.00619. The Labute approximate surface area is 119 Å². The van der Waals surface area contributed by atoms with E-state index in [-0.39, 0.29) is 16.2 Å². The maximum absolute atomic E-state index is 11.6. The highest BCUT2D eigenvalue weighted by atomic mass is 32.2. The van der Waals surface area contributed by atoms with Crippen LogP contribution in [0.25, 0.3) is 0 Å². The summed E-state index contributed by atoms with van der Waals surface area (Å²) in [5, 5.41) is 3.16. The van der Waals surface area contributed by atoms with Crippen LogP contribution in [-0.2, 0) is 19.3 Å². The van der Waals surface area contributed by atoms with E-state index in [0.717, 1.165) is 12.7 Å². The first kappa shape index (κ1) is 15.1. The van der Waals surface area contributed by atoms with Crippen molar-refractivity contribution >= 4 is 21.2 Å². The first-order chi connectivity index (χ1) is 9.38. The molecule has 0 aliphatic carbocycles. The van der Waals surface area contributed by atoms with Gasteiger partial charge in [-0.2, -0.15) is 0 Å². The van der Waals surface area contributed by atoms with Gasteiger partial charge in [0, 0.05) is 32.9 Å². The van der Waals surface area contributed by atoms with Crippen molar-refractivity contribution in [2.45, 2.75) is 16.9 Å². The minimum Gasteiger partial charge on any atom is -0.396 e. The highest BCUT2D eigenvalue weighted by Crippen LogP contribution is 2.29. The van der Waals surface area contributed by atoms with E-state index in [1.807, 2.05) is 0 Å². The molecule has 1 aliphatic heterocycles. The minimum atomic E-state index is -3.34. The lowest BCUT2D eigenvalue weighted by Crippen LogP contribution is -2.39. The number of methoxy groups -OCH3 is 1. The zero-order valence-electron chi connectivity index (χ0n) is 11.7. The second kappa shape index (κ2) is 5.59. The van der Waals surface area contributed by atoms with Crippen molar-refractivity contribution in [3.63, 3.8) is 0 Å². The smallest absolute Gasteiger partial charge is 0.177 e. The van der Waals surface area contributed by atoms with Crippen LogP contribution in [0.15, 0.2) is 23.1 Å². The lowest BCUT2D eigenvalue weighted by Gasteiger charge is -2.27. The summed E-state index contributed by atoms with van der Waals surface area (Å²) in [5.74, 6) is 0. The van der Waals surface area contributed by atoms with E-state index in [1.165, 1.54) is 6.07 Å². The standard InChI is InChI=1S/C13H20N2O4S/c1-18-13(6-7-19-9-13)8-15-10-4-3-5-11(12(10)14)20(2,16)17/h3-5,15H,6-9,14H2,1-2H3. The summed E-state index contributed by atoms with van der Waals surface area (Å²) < 4.78 is 34.1. The topological polar surface area (TPSA) is 90.7 Å². The molecule has 0 spiro atoms. The van der Waals surface area contributed by atoms with Gasteiger partial charge in [0.1, 0.15) is 5.60 Å². The van der Waals surface area contributed by atoms with Crippen LogP contribution >= 0.6 is 0 Å². The Kier molecular flexibility index (Phi) is 4.22. The molecule has 1 aromatic carbocycles. The number of ether oxygens (including phenoxy) is 2. The fourth-order valence-electron chi connectivity index (χ4n) is 2.24. The molecule has 1 aliphatic rings. The van der Waals surface area contributed by atoms with Gasteiger partial charge in [0.2, 0.25) is 0 Å². The number of sulfone groups is 1. The van der Waals surface area contributed by atoms with Crippen LogP contribution in [-0.4, -0.2) is 47.1 Å². The SMILES string of the molecule is COC1(CNc2cccc(S(C)(=O)=O)c2N)CCOC1. The van der Waals surface area contributed by atoms with Gasteiger partial charge in [0.05, 0.1) is 22.9 Å². The normalized spacial score (nSPS) is 22.9. The Morgan fingerprint density at radius 1 is 1.50 bits per heavy atom. The van der Waals surface area contributed by atoms with Crippen LogP contribution < -0.4 is 11.1 Å².